The molecule has 1 heterocycles. The van der Waals surface area contributed by atoms with Crippen molar-refractivity contribution in [2.75, 3.05) is 12.4 Å². The lowest BCUT2D eigenvalue weighted by Crippen LogP contribution is -2.29. The van der Waals surface area contributed by atoms with Crippen LogP contribution in [0.2, 0.25) is 0 Å². The van der Waals surface area contributed by atoms with E-state index in [1.807, 2.05) is 12.3 Å². The summed E-state index contributed by atoms with van der Waals surface area (Å²) in [4.78, 5) is 4.80. The van der Waals surface area contributed by atoms with E-state index in [2.05, 4.69) is 97.2 Å². The maximum absolute atomic E-state index is 5.61. The molecule has 4 aromatic carbocycles. The highest BCUT2D eigenvalue weighted by atomic mass is 16.5. The molecular formula is C31H28N2O. The van der Waals surface area contributed by atoms with Gasteiger partial charge in [0.2, 0.25) is 0 Å². The summed E-state index contributed by atoms with van der Waals surface area (Å²) in [6.45, 7) is 2.17. The van der Waals surface area contributed by atoms with Crippen molar-refractivity contribution >= 4 is 28.4 Å². The normalized spacial score (nSPS) is 20.8. The van der Waals surface area contributed by atoms with Crippen LogP contribution in [0.15, 0.2) is 96.0 Å². The Morgan fingerprint density at radius 3 is 2.68 bits per heavy atom. The predicted molar refractivity (Wildman–Crippen MR) is 142 cm³/mol. The third-order valence-electron chi connectivity index (χ3n) is 7.26. The Hall–Kier alpha value is -3.85. The van der Waals surface area contributed by atoms with Crippen molar-refractivity contribution in [1.29, 1.82) is 0 Å². The number of benzene rings is 4. The molecule has 0 bridgehead atoms. The van der Waals surface area contributed by atoms with Crippen molar-refractivity contribution in [2.24, 2.45) is 10.9 Å². The Morgan fingerprint density at radius 1 is 0.971 bits per heavy atom. The summed E-state index contributed by atoms with van der Waals surface area (Å²) in [6, 6.07) is 28.2. The molecular weight excluding hydrogens is 416 g/mol. The van der Waals surface area contributed by atoms with Crippen LogP contribution in [0.1, 0.15) is 40.6 Å². The van der Waals surface area contributed by atoms with Crippen molar-refractivity contribution < 1.29 is 4.74 Å². The Kier molecular flexibility index (Phi) is 5.18. The van der Waals surface area contributed by atoms with Crippen molar-refractivity contribution in [3.63, 3.8) is 0 Å². The molecule has 3 atom stereocenters. The highest BCUT2D eigenvalue weighted by Gasteiger charge is 2.37. The van der Waals surface area contributed by atoms with Crippen LogP contribution >= 0.6 is 0 Å². The zero-order valence-corrected chi connectivity index (χ0v) is 19.5. The zero-order chi connectivity index (χ0) is 23.1. The number of anilines is 1. The van der Waals surface area contributed by atoms with Gasteiger partial charge in [-0.1, -0.05) is 72.3 Å². The number of aryl methyl sites for hydroxylation is 1. The van der Waals surface area contributed by atoms with E-state index >= 15 is 0 Å². The van der Waals surface area contributed by atoms with Gasteiger partial charge in [0.1, 0.15) is 5.75 Å². The van der Waals surface area contributed by atoms with Gasteiger partial charge in [0.15, 0.2) is 0 Å². The molecule has 0 aromatic heterocycles. The van der Waals surface area contributed by atoms with Crippen molar-refractivity contribution in [2.45, 2.75) is 25.3 Å². The molecule has 1 aliphatic carbocycles. The van der Waals surface area contributed by atoms with E-state index in [1.54, 1.807) is 7.11 Å². The predicted octanol–water partition coefficient (Wildman–Crippen LogP) is 7.73. The van der Waals surface area contributed by atoms with E-state index in [1.165, 1.54) is 27.8 Å². The number of nitrogens with one attached hydrogen (secondary N) is 1. The highest BCUT2D eigenvalue weighted by molar-refractivity contribution is 6.03. The first-order chi connectivity index (χ1) is 16.7. The average Bonchev–Trinajstić information content (AvgIpc) is 3.38. The Balaban J connectivity index is 1.29. The average molecular weight is 445 g/mol. The van der Waals surface area contributed by atoms with Crippen LogP contribution in [0, 0.1) is 12.8 Å². The smallest absolute Gasteiger partial charge is 0.128 e. The SMILES string of the molecule is COc1ccc2ccccc2c1C=Nc1ccc([C@@H]2Nc3ccc(C)cc3[C@@H]3C=CC[C@@H]32)cc1. The first kappa shape index (κ1) is 20.7. The van der Waals surface area contributed by atoms with Gasteiger partial charge in [0.25, 0.3) is 0 Å². The summed E-state index contributed by atoms with van der Waals surface area (Å²) < 4.78 is 5.61. The molecule has 0 spiro atoms. The van der Waals surface area contributed by atoms with E-state index in [0.717, 1.165) is 28.8 Å². The van der Waals surface area contributed by atoms with E-state index in [0.29, 0.717) is 17.9 Å². The van der Waals surface area contributed by atoms with Crippen molar-refractivity contribution in [3.8, 4) is 5.75 Å². The van der Waals surface area contributed by atoms with E-state index in [9.17, 15) is 0 Å². The minimum atomic E-state index is 0.298. The molecule has 0 radical (unpaired) electrons. The molecule has 168 valence electrons. The van der Waals surface area contributed by atoms with Gasteiger partial charge in [0, 0.05) is 23.4 Å². The van der Waals surface area contributed by atoms with Crippen molar-refractivity contribution in [3.05, 3.63) is 113 Å². The molecule has 0 saturated carbocycles. The molecule has 0 unspecified atom stereocenters. The third-order valence-corrected chi connectivity index (χ3v) is 7.26. The fourth-order valence-corrected chi connectivity index (χ4v) is 5.54. The summed E-state index contributed by atoms with van der Waals surface area (Å²) in [5.41, 5.74) is 7.26. The fraction of sp³-hybridized carbons (Fsp3) is 0.194. The van der Waals surface area contributed by atoms with Gasteiger partial charge in [-0.25, -0.2) is 0 Å². The van der Waals surface area contributed by atoms with Gasteiger partial charge in [-0.2, -0.15) is 0 Å². The van der Waals surface area contributed by atoms with E-state index in [4.69, 9.17) is 9.73 Å². The minimum absolute atomic E-state index is 0.298. The monoisotopic (exact) mass is 444 g/mol. The van der Waals surface area contributed by atoms with Gasteiger partial charge in [0.05, 0.1) is 18.8 Å². The molecule has 0 saturated heterocycles. The molecule has 0 fully saturated rings. The Labute approximate surface area is 200 Å². The van der Waals surface area contributed by atoms with Gasteiger partial charge in [-0.05, 0) is 65.4 Å². The number of methoxy groups -OCH3 is 1. The summed E-state index contributed by atoms with van der Waals surface area (Å²) in [6.07, 6.45) is 7.77. The molecule has 0 amide bonds. The molecule has 6 rings (SSSR count). The van der Waals surface area contributed by atoms with Crippen LogP contribution in [0.3, 0.4) is 0 Å². The second-order valence-electron chi connectivity index (χ2n) is 9.32. The first-order valence-corrected chi connectivity index (χ1v) is 11.9. The number of allylic oxidation sites excluding steroid dienone is 2. The number of aliphatic imine (C=N–C) groups is 1. The number of ether oxygens (including phenoxy) is 1. The van der Waals surface area contributed by atoms with Crippen LogP contribution in [-0.2, 0) is 0 Å². The summed E-state index contributed by atoms with van der Waals surface area (Å²) >= 11 is 0. The number of hydrogen-bond donors (Lipinski definition) is 1. The lowest BCUT2D eigenvalue weighted by atomic mass is 9.76. The highest BCUT2D eigenvalue weighted by Crippen LogP contribution is 2.50. The topological polar surface area (TPSA) is 33.6 Å². The second kappa shape index (κ2) is 8.49. The molecule has 1 aliphatic heterocycles. The molecule has 4 aromatic rings. The fourth-order valence-electron chi connectivity index (χ4n) is 5.54. The zero-order valence-electron chi connectivity index (χ0n) is 19.5. The molecule has 3 heteroatoms. The van der Waals surface area contributed by atoms with Crippen LogP contribution in [0.5, 0.6) is 5.75 Å². The van der Waals surface area contributed by atoms with Crippen LogP contribution in [-0.4, -0.2) is 13.3 Å². The Bertz CT molecular complexity index is 1420. The Morgan fingerprint density at radius 2 is 1.82 bits per heavy atom. The van der Waals surface area contributed by atoms with Gasteiger partial charge in [-0.15, -0.1) is 0 Å². The molecule has 3 nitrogen and oxygen atoms in total. The largest absolute Gasteiger partial charge is 0.496 e. The standard InChI is InChI=1S/C31H28N2O/c1-20-10-16-29-27(18-20)25-8-5-9-26(25)31(33-29)22-11-14-23(15-12-22)32-19-28-24-7-4-3-6-21(24)13-17-30(28)34-2/h3-8,10-19,25-26,31,33H,9H2,1-2H3/t25-,26+,31+/m1/s1. The van der Waals surface area contributed by atoms with E-state index in [-0.39, 0.29) is 0 Å². The van der Waals surface area contributed by atoms with Crippen LogP contribution in [0.4, 0.5) is 11.4 Å². The number of nitrogens with zero attached hydrogens (tertiary/aromatic N) is 1. The lowest BCUT2D eigenvalue weighted by Gasteiger charge is -2.37. The second-order valence-corrected chi connectivity index (χ2v) is 9.32. The van der Waals surface area contributed by atoms with Crippen molar-refractivity contribution in [1.82, 2.24) is 0 Å². The lowest BCUT2D eigenvalue weighted by molar-refractivity contribution is 0.415. The quantitative estimate of drug-likeness (QED) is 0.258. The van der Waals surface area contributed by atoms with Gasteiger partial charge < -0.3 is 10.1 Å². The summed E-state index contributed by atoms with van der Waals surface area (Å²) in [5, 5.41) is 6.15. The summed E-state index contributed by atoms with van der Waals surface area (Å²) in [7, 11) is 1.71. The first-order valence-electron chi connectivity index (χ1n) is 11.9. The third kappa shape index (κ3) is 3.58. The number of fused-ring (bicyclic) bond motifs is 4. The number of rotatable bonds is 4. The van der Waals surface area contributed by atoms with Crippen LogP contribution in [0.25, 0.3) is 10.8 Å². The minimum Gasteiger partial charge on any atom is -0.496 e. The van der Waals surface area contributed by atoms with Gasteiger partial charge in [-0.3, -0.25) is 4.99 Å². The summed E-state index contributed by atoms with van der Waals surface area (Å²) in [5.74, 6) is 1.86. The van der Waals surface area contributed by atoms with Crippen LogP contribution < -0.4 is 10.1 Å². The van der Waals surface area contributed by atoms with Gasteiger partial charge >= 0.3 is 0 Å². The number of hydrogen-bond acceptors (Lipinski definition) is 3. The molecule has 34 heavy (non-hydrogen) atoms. The van der Waals surface area contributed by atoms with E-state index < -0.39 is 0 Å². The maximum atomic E-state index is 5.61. The maximum Gasteiger partial charge on any atom is 0.128 e. The molecule has 2 aliphatic rings. The molecule has 1 N–H and O–H groups in total.